The fraction of sp³-hybridized carbons (Fsp3) is 0.0909. The molecule has 1 unspecified atom stereocenters. The monoisotopic (exact) mass is 458 g/mol. The molecule has 0 saturated heterocycles. The summed E-state index contributed by atoms with van der Waals surface area (Å²) in [5.41, 5.74) is -0.545. The lowest BCUT2D eigenvalue weighted by Crippen LogP contribution is -2.34. The van der Waals surface area contributed by atoms with Crippen LogP contribution >= 0.6 is 23.2 Å². The highest BCUT2D eigenvalue weighted by molar-refractivity contribution is 6.34. The van der Waals surface area contributed by atoms with Crippen LogP contribution in [0.5, 0.6) is 28.7 Å². The van der Waals surface area contributed by atoms with Crippen molar-refractivity contribution >= 4 is 35.1 Å². The molecule has 1 atom stereocenters. The molecule has 7 nitrogen and oxygen atoms in total. The van der Waals surface area contributed by atoms with Gasteiger partial charge < -0.3 is 24.4 Å². The van der Waals surface area contributed by atoms with E-state index in [0.717, 1.165) is 0 Å². The van der Waals surface area contributed by atoms with Gasteiger partial charge in [-0.15, -0.1) is 0 Å². The van der Waals surface area contributed by atoms with Crippen LogP contribution in [0.1, 0.15) is 34.0 Å². The normalized spacial score (nSPS) is 18.0. The zero-order chi connectivity index (χ0) is 22.1. The molecule has 1 spiro atoms. The summed E-state index contributed by atoms with van der Waals surface area (Å²) < 4.78 is 17.2. The molecule has 3 aromatic rings. The average molecular weight is 459 g/mol. The van der Waals surface area contributed by atoms with Crippen LogP contribution in [0.4, 0.5) is 0 Å². The summed E-state index contributed by atoms with van der Waals surface area (Å²) in [6.07, 6.45) is 0. The highest BCUT2D eigenvalue weighted by Crippen LogP contribution is 2.61. The highest BCUT2D eigenvalue weighted by Gasteiger charge is 2.56. The van der Waals surface area contributed by atoms with Crippen molar-refractivity contribution < 1.29 is 34.0 Å². The molecule has 31 heavy (non-hydrogen) atoms. The first-order chi connectivity index (χ1) is 14.7. The number of rotatable bonds is 1. The minimum absolute atomic E-state index is 0.00971. The molecular weight excluding hydrogens is 447 g/mol. The highest BCUT2D eigenvalue weighted by atomic mass is 35.5. The third-order valence-corrected chi connectivity index (χ3v) is 5.85. The van der Waals surface area contributed by atoms with Crippen molar-refractivity contribution in [3.8, 4) is 28.7 Å². The molecule has 0 amide bonds. The Balaban J connectivity index is 1.96. The molecule has 0 radical (unpaired) electrons. The van der Waals surface area contributed by atoms with Gasteiger partial charge in [-0.25, -0.2) is 4.79 Å². The molecule has 9 heteroatoms. The van der Waals surface area contributed by atoms with E-state index >= 15 is 0 Å². The number of fused-ring (bicyclic) bond motifs is 6. The van der Waals surface area contributed by atoms with Gasteiger partial charge in [0.05, 0.1) is 16.1 Å². The van der Waals surface area contributed by atoms with Gasteiger partial charge in [0.2, 0.25) is 0 Å². The lowest BCUT2D eigenvalue weighted by molar-refractivity contribution is -0.132. The minimum atomic E-state index is -1.66. The fourth-order valence-electron chi connectivity index (χ4n) is 4.01. The number of hydrogen-bond acceptors (Lipinski definition) is 7. The number of hydrogen-bond donors (Lipinski definition) is 2. The van der Waals surface area contributed by atoms with Crippen molar-refractivity contribution in [1.29, 1.82) is 0 Å². The van der Waals surface area contributed by atoms with Crippen molar-refractivity contribution in [3.63, 3.8) is 0 Å². The van der Waals surface area contributed by atoms with Crippen molar-refractivity contribution in [1.82, 2.24) is 0 Å². The maximum absolute atomic E-state index is 12.9. The van der Waals surface area contributed by atoms with Crippen LogP contribution in [-0.2, 0) is 15.1 Å². The number of carbonyl (C=O) groups is 2. The van der Waals surface area contributed by atoms with Crippen LogP contribution < -0.4 is 9.47 Å². The number of phenols is 2. The third-order valence-electron chi connectivity index (χ3n) is 5.18. The third kappa shape index (κ3) is 2.60. The van der Waals surface area contributed by atoms with E-state index in [1.165, 1.54) is 25.1 Å². The Morgan fingerprint density at radius 2 is 1.74 bits per heavy atom. The van der Waals surface area contributed by atoms with Crippen LogP contribution in [0.2, 0.25) is 10.0 Å². The van der Waals surface area contributed by atoms with E-state index in [2.05, 4.69) is 0 Å². The number of benzene rings is 3. The summed E-state index contributed by atoms with van der Waals surface area (Å²) in [6.45, 7) is 1.17. The number of carbonyl (C=O) groups excluding carboxylic acids is 2. The summed E-state index contributed by atoms with van der Waals surface area (Å²) in [5, 5.41) is 20.2. The summed E-state index contributed by atoms with van der Waals surface area (Å²) >= 11 is 12.5. The summed E-state index contributed by atoms with van der Waals surface area (Å²) in [5.74, 6) is -2.07. The molecule has 3 aromatic carbocycles. The van der Waals surface area contributed by atoms with Gasteiger partial charge in [0.15, 0.2) is 11.4 Å². The van der Waals surface area contributed by atoms with E-state index in [1.807, 2.05) is 0 Å². The quantitative estimate of drug-likeness (QED) is 0.394. The Kier molecular flexibility index (Phi) is 4.12. The molecule has 2 heterocycles. The van der Waals surface area contributed by atoms with Crippen LogP contribution in [0, 0.1) is 0 Å². The Morgan fingerprint density at radius 3 is 2.48 bits per heavy atom. The molecule has 0 saturated carbocycles. The summed E-state index contributed by atoms with van der Waals surface area (Å²) in [4.78, 5) is 24.7. The van der Waals surface area contributed by atoms with Gasteiger partial charge in [0.1, 0.15) is 28.0 Å². The van der Waals surface area contributed by atoms with Gasteiger partial charge in [-0.05, 0) is 12.1 Å². The summed E-state index contributed by atoms with van der Waals surface area (Å²) in [6, 6.07) is 10.6. The van der Waals surface area contributed by atoms with Gasteiger partial charge in [-0.1, -0.05) is 41.4 Å². The summed E-state index contributed by atoms with van der Waals surface area (Å²) in [7, 11) is 0. The van der Waals surface area contributed by atoms with E-state index in [-0.39, 0.29) is 49.7 Å². The predicted molar refractivity (Wildman–Crippen MR) is 109 cm³/mol. The minimum Gasteiger partial charge on any atom is -0.506 e. The Hall–Kier alpha value is -3.42. The first-order valence-corrected chi connectivity index (χ1v) is 9.77. The van der Waals surface area contributed by atoms with Gasteiger partial charge in [-0.2, -0.15) is 0 Å². The van der Waals surface area contributed by atoms with Gasteiger partial charge in [0.25, 0.3) is 0 Å². The van der Waals surface area contributed by atoms with E-state index in [1.54, 1.807) is 24.3 Å². The van der Waals surface area contributed by atoms with E-state index < -0.39 is 23.3 Å². The van der Waals surface area contributed by atoms with Crippen LogP contribution in [-0.4, -0.2) is 22.2 Å². The number of aromatic hydroxyl groups is 2. The molecule has 0 fully saturated rings. The van der Waals surface area contributed by atoms with E-state index in [4.69, 9.17) is 37.4 Å². The van der Waals surface area contributed by atoms with Gasteiger partial charge in [0, 0.05) is 30.2 Å². The first-order valence-electron chi connectivity index (χ1n) is 9.02. The van der Waals surface area contributed by atoms with Crippen molar-refractivity contribution in [2.75, 3.05) is 0 Å². The molecule has 2 aliphatic rings. The average Bonchev–Trinajstić information content (AvgIpc) is 3.00. The van der Waals surface area contributed by atoms with Crippen LogP contribution in [0.15, 0.2) is 42.5 Å². The second-order valence-corrected chi connectivity index (χ2v) is 7.81. The maximum atomic E-state index is 12.9. The van der Waals surface area contributed by atoms with Crippen LogP contribution in [0.3, 0.4) is 0 Å². The topological polar surface area (TPSA) is 102 Å². The van der Waals surface area contributed by atoms with Crippen molar-refractivity contribution in [2.45, 2.75) is 12.5 Å². The number of esters is 2. The maximum Gasteiger partial charge on any atom is 0.340 e. The first kappa shape index (κ1) is 19.5. The van der Waals surface area contributed by atoms with Crippen molar-refractivity contribution in [2.24, 2.45) is 0 Å². The molecule has 5 rings (SSSR count). The molecule has 2 aliphatic heterocycles. The smallest absolute Gasteiger partial charge is 0.340 e. The Bertz CT molecular complexity index is 1320. The molecule has 156 valence electrons. The van der Waals surface area contributed by atoms with Crippen LogP contribution in [0.25, 0.3) is 0 Å². The molecule has 2 N–H and O–H groups in total. The second kappa shape index (κ2) is 6.54. The lowest BCUT2D eigenvalue weighted by atomic mass is 9.77. The lowest BCUT2D eigenvalue weighted by Gasteiger charge is -2.37. The largest absolute Gasteiger partial charge is 0.506 e. The Morgan fingerprint density at radius 1 is 1.03 bits per heavy atom. The van der Waals surface area contributed by atoms with Gasteiger partial charge in [-0.3, -0.25) is 4.79 Å². The second-order valence-electron chi connectivity index (χ2n) is 7.02. The van der Waals surface area contributed by atoms with Crippen molar-refractivity contribution in [3.05, 3.63) is 74.8 Å². The number of phenolic OH excluding ortho intramolecular Hbond substituents is 2. The number of ether oxygens (including phenoxy) is 3. The number of halogens is 2. The molecule has 0 aliphatic carbocycles. The van der Waals surface area contributed by atoms with Gasteiger partial charge >= 0.3 is 11.9 Å². The predicted octanol–water partition coefficient (Wildman–Crippen LogP) is 4.90. The fourth-order valence-corrected chi connectivity index (χ4v) is 4.36. The zero-order valence-corrected chi connectivity index (χ0v) is 17.2. The molecular formula is C22H12Cl2O7. The zero-order valence-electron chi connectivity index (χ0n) is 15.7. The SMILES string of the molecule is CC(=O)Oc1c(Cl)c(O)cc2c1C1(OC(=O)c3ccccc31)c1cc(Cl)c(O)cc1O2. The Labute approximate surface area is 185 Å². The standard InChI is InChI=1S/C22H12Cl2O7/c1-9(25)29-20-18-17(8-15(27)19(20)24)30-16-7-14(26)13(23)6-12(16)22(18)11-5-3-2-4-10(11)21(28)31-22/h2-8,26-27H,1H3. The molecule has 0 aromatic heterocycles. The van der Waals surface area contributed by atoms with E-state index in [0.29, 0.717) is 5.56 Å². The molecule has 0 bridgehead atoms. The van der Waals surface area contributed by atoms with E-state index in [9.17, 15) is 19.8 Å².